The highest BCUT2D eigenvalue weighted by Gasteiger charge is 2.21. The van der Waals surface area contributed by atoms with E-state index in [2.05, 4.69) is 28.2 Å². The van der Waals surface area contributed by atoms with Crippen LogP contribution in [0.4, 0.5) is 0 Å². The van der Waals surface area contributed by atoms with Crippen molar-refractivity contribution in [3.63, 3.8) is 0 Å². The van der Waals surface area contributed by atoms with Gasteiger partial charge in [0.1, 0.15) is 6.33 Å². The lowest BCUT2D eigenvalue weighted by atomic mass is 10.1. The van der Waals surface area contributed by atoms with Gasteiger partial charge in [-0.05, 0) is 38.5 Å². The first-order chi connectivity index (χ1) is 12.5. The van der Waals surface area contributed by atoms with Crippen LogP contribution in [0.3, 0.4) is 0 Å². The first kappa shape index (κ1) is 18.4. The average Bonchev–Trinajstić information content (AvgIpc) is 3.08. The minimum absolute atomic E-state index is 0.0493. The molecule has 7 heteroatoms. The Kier molecular flexibility index (Phi) is 5.56. The van der Waals surface area contributed by atoms with Crippen molar-refractivity contribution in [2.75, 3.05) is 7.05 Å². The minimum Gasteiger partial charge on any atom is -0.337 e. The monoisotopic (exact) mass is 369 g/mol. The van der Waals surface area contributed by atoms with Crippen molar-refractivity contribution in [2.24, 2.45) is 0 Å². The minimum atomic E-state index is -0.230. The summed E-state index contributed by atoms with van der Waals surface area (Å²) in [6.07, 6.45) is 1.69. The number of pyridine rings is 1. The molecule has 0 aliphatic heterocycles. The summed E-state index contributed by atoms with van der Waals surface area (Å²) in [5.74, 6) is 0.841. The van der Waals surface area contributed by atoms with E-state index in [1.165, 1.54) is 17.3 Å². The summed E-state index contributed by atoms with van der Waals surface area (Å²) in [5.41, 5.74) is 2.13. The number of rotatable bonds is 6. The zero-order valence-electron chi connectivity index (χ0n) is 15.5. The molecule has 1 atom stereocenters. The van der Waals surface area contributed by atoms with Gasteiger partial charge in [0.25, 0.3) is 0 Å². The lowest BCUT2D eigenvalue weighted by Gasteiger charge is -2.21. The second-order valence-electron chi connectivity index (χ2n) is 6.28. The smallest absolute Gasteiger partial charge is 0.235 e. The molecule has 6 nitrogen and oxygen atoms in total. The zero-order chi connectivity index (χ0) is 18.7. The number of carbonyl (C=O) groups excluding carboxylic acids is 1. The number of hydrogen-bond acceptors (Lipinski definition) is 5. The predicted octanol–water partition coefficient (Wildman–Crippen LogP) is 3.29. The van der Waals surface area contributed by atoms with Crippen LogP contribution < -0.4 is 0 Å². The molecule has 1 aromatic carbocycles. The lowest BCUT2D eigenvalue weighted by Crippen LogP contribution is -2.33. The number of amides is 1. The highest BCUT2D eigenvalue weighted by atomic mass is 32.2. The first-order valence-corrected chi connectivity index (χ1v) is 9.52. The van der Waals surface area contributed by atoms with Crippen LogP contribution in [0.15, 0.2) is 41.7 Å². The van der Waals surface area contributed by atoms with E-state index < -0.39 is 0 Å². The van der Waals surface area contributed by atoms with E-state index in [-0.39, 0.29) is 11.2 Å². The fourth-order valence-electron chi connectivity index (χ4n) is 2.88. The molecule has 2 aromatic heterocycles. The Balaban J connectivity index is 1.71. The van der Waals surface area contributed by atoms with Crippen LogP contribution >= 0.6 is 11.8 Å². The van der Waals surface area contributed by atoms with E-state index in [9.17, 15) is 4.79 Å². The number of para-hydroxylation sites is 1. The van der Waals surface area contributed by atoms with E-state index in [1.807, 2.05) is 42.7 Å². The molecule has 2 heterocycles. The maximum Gasteiger partial charge on any atom is 0.235 e. The number of nitrogens with zero attached hydrogens (tertiary/aromatic N) is 5. The third kappa shape index (κ3) is 3.88. The number of benzene rings is 1. The average molecular weight is 369 g/mol. The van der Waals surface area contributed by atoms with E-state index >= 15 is 0 Å². The van der Waals surface area contributed by atoms with Crippen LogP contribution in [0.5, 0.6) is 0 Å². The van der Waals surface area contributed by atoms with Crippen molar-refractivity contribution in [3.05, 3.63) is 48.0 Å². The molecule has 0 aliphatic carbocycles. The SMILES string of the molecule is CCn1cnnc1CN(C)C(=O)[C@H](C)Sc1cc(C)c2ccccc2n1. The number of fused-ring (bicyclic) bond motifs is 1. The third-order valence-electron chi connectivity index (χ3n) is 4.34. The Hall–Kier alpha value is -2.41. The van der Waals surface area contributed by atoms with Crippen molar-refractivity contribution in [1.82, 2.24) is 24.6 Å². The number of carbonyl (C=O) groups is 1. The first-order valence-electron chi connectivity index (χ1n) is 8.64. The molecule has 0 unspecified atom stereocenters. The number of thioether (sulfide) groups is 1. The number of hydrogen-bond donors (Lipinski definition) is 0. The predicted molar refractivity (Wildman–Crippen MR) is 104 cm³/mol. The maximum atomic E-state index is 12.7. The molecule has 0 saturated carbocycles. The summed E-state index contributed by atoms with van der Waals surface area (Å²) in [6, 6.07) is 10.1. The molecule has 0 saturated heterocycles. The van der Waals surface area contributed by atoms with Crippen LogP contribution in [-0.2, 0) is 17.9 Å². The van der Waals surface area contributed by atoms with Crippen LogP contribution in [0.1, 0.15) is 25.2 Å². The van der Waals surface area contributed by atoms with Gasteiger partial charge in [0, 0.05) is 19.0 Å². The molecule has 26 heavy (non-hydrogen) atoms. The van der Waals surface area contributed by atoms with E-state index in [1.54, 1.807) is 18.3 Å². The summed E-state index contributed by atoms with van der Waals surface area (Å²) in [6.45, 7) is 7.25. The largest absolute Gasteiger partial charge is 0.337 e. The molecular formula is C19H23N5OS. The Labute approximate surface area is 157 Å². The van der Waals surface area contributed by atoms with Gasteiger partial charge in [0.15, 0.2) is 5.82 Å². The maximum absolute atomic E-state index is 12.7. The number of aryl methyl sites for hydroxylation is 2. The molecule has 0 fully saturated rings. The Bertz CT molecular complexity index is 923. The molecule has 1 amide bonds. The van der Waals surface area contributed by atoms with Crippen molar-refractivity contribution in [3.8, 4) is 0 Å². The molecule has 136 valence electrons. The summed E-state index contributed by atoms with van der Waals surface area (Å²) < 4.78 is 1.94. The van der Waals surface area contributed by atoms with Crippen molar-refractivity contribution < 1.29 is 4.79 Å². The quantitative estimate of drug-likeness (QED) is 0.624. The normalized spacial score (nSPS) is 12.3. The number of aromatic nitrogens is 4. The van der Waals surface area contributed by atoms with E-state index in [0.29, 0.717) is 6.54 Å². The van der Waals surface area contributed by atoms with Gasteiger partial charge in [0.05, 0.1) is 22.3 Å². The summed E-state index contributed by atoms with van der Waals surface area (Å²) in [7, 11) is 1.80. The fraction of sp³-hybridized carbons (Fsp3) is 0.368. The van der Waals surface area contributed by atoms with Gasteiger partial charge in [-0.2, -0.15) is 0 Å². The second-order valence-corrected chi connectivity index (χ2v) is 7.64. The van der Waals surface area contributed by atoms with E-state index in [0.717, 1.165) is 28.3 Å². The molecule has 3 rings (SSSR count). The second kappa shape index (κ2) is 7.86. The fourth-order valence-corrected chi connectivity index (χ4v) is 3.92. The van der Waals surface area contributed by atoms with Gasteiger partial charge in [-0.1, -0.05) is 30.0 Å². The Morgan fingerprint density at radius 2 is 2.12 bits per heavy atom. The van der Waals surface area contributed by atoms with Crippen LogP contribution in [0.25, 0.3) is 10.9 Å². The molecule has 3 aromatic rings. The topological polar surface area (TPSA) is 63.9 Å². The van der Waals surface area contributed by atoms with Gasteiger partial charge in [-0.25, -0.2) is 4.98 Å². The molecular weight excluding hydrogens is 346 g/mol. The molecule has 0 N–H and O–H groups in total. The van der Waals surface area contributed by atoms with Crippen LogP contribution in [0, 0.1) is 6.92 Å². The molecule has 0 aliphatic rings. The van der Waals surface area contributed by atoms with Crippen LogP contribution in [0.2, 0.25) is 0 Å². The highest BCUT2D eigenvalue weighted by Crippen LogP contribution is 2.27. The van der Waals surface area contributed by atoms with Crippen molar-refractivity contribution >= 4 is 28.6 Å². The lowest BCUT2D eigenvalue weighted by molar-refractivity contribution is -0.129. The van der Waals surface area contributed by atoms with Gasteiger partial charge in [0.2, 0.25) is 5.91 Å². The summed E-state index contributed by atoms with van der Waals surface area (Å²) in [5, 5.41) is 9.80. The van der Waals surface area contributed by atoms with E-state index in [4.69, 9.17) is 0 Å². The van der Waals surface area contributed by atoms with Gasteiger partial charge in [-0.3, -0.25) is 4.79 Å². The van der Waals surface area contributed by atoms with Crippen molar-refractivity contribution in [2.45, 2.75) is 44.1 Å². The molecule has 0 bridgehead atoms. The highest BCUT2D eigenvalue weighted by molar-refractivity contribution is 8.00. The molecule has 0 spiro atoms. The zero-order valence-corrected chi connectivity index (χ0v) is 16.3. The Morgan fingerprint density at radius 1 is 1.35 bits per heavy atom. The Morgan fingerprint density at radius 3 is 2.88 bits per heavy atom. The van der Waals surface area contributed by atoms with Gasteiger partial charge < -0.3 is 9.47 Å². The third-order valence-corrected chi connectivity index (χ3v) is 5.34. The van der Waals surface area contributed by atoms with Crippen molar-refractivity contribution in [1.29, 1.82) is 0 Å². The molecule has 0 radical (unpaired) electrons. The standard InChI is InChI=1S/C19H23N5OS/c1-5-24-12-20-22-17(24)11-23(4)19(25)14(3)26-18-10-13(2)15-8-6-7-9-16(15)21-18/h6-10,12,14H,5,11H2,1-4H3/t14-/m0/s1. The van der Waals surface area contributed by atoms with Gasteiger partial charge in [-0.15, -0.1) is 10.2 Å². The van der Waals surface area contributed by atoms with Crippen LogP contribution in [-0.4, -0.2) is 42.9 Å². The summed E-state index contributed by atoms with van der Waals surface area (Å²) >= 11 is 1.49. The summed E-state index contributed by atoms with van der Waals surface area (Å²) in [4.78, 5) is 19.1. The van der Waals surface area contributed by atoms with Gasteiger partial charge >= 0.3 is 0 Å².